The first-order valence-electron chi connectivity index (χ1n) is 7.63. The van der Waals surface area contributed by atoms with Crippen LogP contribution in [0, 0.1) is 21.4 Å². The van der Waals surface area contributed by atoms with E-state index in [4.69, 9.17) is 5.73 Å². The van der Waals surface area contributed by atoms with Crippen LogP contribution in [0.15, 0.2) is 22.7 Å². The summed E-state index contributed by atoms with van der Waals surface area (Å²) in [5, 5.41) is 11.1. The van der Waals surface area contributed by atoms with Crippen molar-refractivity contribution in [2.24, 2.45) is 17.1 Å². The van der Waals surface area contributed by atoms with Gasteiger partial charge in [0.2, 0.25) is 0 Å². The highest BCUT2D eigenvalue weighted by atomic mass is 79.9. The molecule has 21 heavy (non-hydrogen) atoms. The van der Waals surface area contributed by atoms with Gasteiger partial charge in [-0.3, -0.25) is 10.1 Å². The van der Waals surface area contributed by atoms with Crippen LogP contribution in [0.25, 0.3) is 0 Å². The second kappa shape index (κ2) is 6.88. The van der Waals surface area contributed by atoms with Gasteiger partial charge < -0.3 is 5.73 Å². The van der Waals surface area contributed by atoms with E-state index in [0.29, 0.717) is 11.0 Å². The zero-order valence-electron chi connectivity index (χ0n) is 12.5. The predicted molar refractivity (Wildman–Crippen MR) is 88.2 cm³/mol. The summed E-state index contributed by atoms with van der Waals surface area (Å²) in [6, 6.07) is 5.28. The first-order chi connectivity index (χ1) is 10.0. The molecule has 2 atom stereocenters. The van der Waals surface area contributed by atoms with Gasteiger partial charge in [-0.15, -0.1) is 0 Å². The van der Waals surface area contributed by atoms with Gasteiger partial charge in [-0.1, -0.05) is 38.3 Å². The van der Waals surface area contributed by atoms with E-state index in [1.54, 1.807) is 12.1 Å². The van der Waals surface area contributed by atoms with Crippen LogP contribution in [-0.4, -0.2) is 11.5 Å². The quantitative estimate of drug-likeness (QED) is 0.627. The van der Waals surface area contributed by atoms with Crippen molar-refractivity contribution in [2.75, 3.05) is 6.54 Å². The molecule has 1 saturated carbocycles. The summed E-state index contributed by atoms with van der Waals surface area (Å²) < 4.78 is 0.612. The molecule has 0 spiro atoms. The number of nitro benzene ring substituents is 1. The van der Waals surface area contributed by atoms with Crippen LogP contribution in [0.2, 0.25) is 0 Å². The highest BCUT2D eigenvalue weighted by Crippen LogP contribution is 2.44. The molecule has 2 unspecified atom stereocenters. The zero-order valence-corrected chi connectivity index (χ0v) is 14.1. The molecule has 2 N–H and O–H groups in total. The standard InChI is InChI=1S/C16H23BrN2O2/c1-2-12-5-4-8-16(9-12,11-18)10-13-6-3-7-14(15(13)17)19(20)21/h3,6-7,12H,2,4-5,8-11,18H2,1H3. The van der Waals surface area contributed by atoms with E-state index < -0.39 is 0 Å². The summed E-state index contributed by atoms with van der Waals surface area (Å²) in [6.45, 7) is 2.89. The number of hydrogen-bond acceptors (Lipinski definition) is 3. The summed E-state index contributed by atoms with van der Waals surface area (Å²) in [6.07, 6.45) is 6.76. The van der Waals surface area contributed by atoms with E-state index >= 15 is 0 Å². The number of rotatable bonds is 5. The summed E-state index contributed by atoms with van der Waals surface area (Å²) in [5.74, 6) is 0.736. The van der Waals surface area contributed by atoms with Crippen LogP contribution in [0.3, 0.4) is 0 Å². The predicted octanol–water partition coefficient (Wildman–Crippen LogP) is 4.45. The molecule has 116 valence electrons. The van der Waals surface area contributed by atoms with Crippen molar-refractivity contribution in [3.8, 4) is 0 Å². The molecule has 2 rings (SSSR count). The fraction of sp³-hybridized carbons (Fsp3) is 0.625. The smallest absolute Gasteiger partial charge is 0.283 e. The molecule has 0 radical (unpaired) electrons. The van der Waals surface area contributed by atoms with Crippen LogP contribution in [0.5, 0.6) is 0 Å². The third-order valence-corrected chi connectivity index (χ3v) is 5.79. The van der Waals surface area contributed by atoms with Crippen LogP contribution in [-0.2, 0) is 6.42 Å². The monoisotopic (exact) mass is 354 g/mol. The lowest BCUT2D eigenvalue weighted by Crippen LogP contribution is -2.37. The SMILES string of the molecule is CCC1CCCC(CN)(Cc2cccc([N+](=O)[O-])c2Br)C1. The first-order valence-corrected chi connectivity index (χ1v) is 8.42. The lowest BCUT2D eigenvalue weighted by atomic mass is 9.66. The minimum absolute atomic E-state index is 0.0939. The molecule has 0 heterocycles. The zero-order chi connectivity index (χ0) is 15.5. The van der Waals surface area contributed by atoms with Gasteiger partial charge in [0.25, 0.3) is 5.69 Å². The Labute approximate surface area is 134 Å². The van der Waals surface area contributed by atoms with Gasteiger partial charge in [0, 0.05) is 6.07 Å². The molecule has 0 amide bonds. The Kier molecular flexibility index (Phi) is 5.38. The summed E-state index contributed by atoms with van der Waals surface area (Å²) in [4.78, 5) is 10.7. The molecular formula is C16H23BrN2O2. The first kappa shape index (κ1) is 16.4. The maximum absolute atomic E-state index is 11.1. The molecule has 1 aliphatic rings. The molecular weight excluding hydrogens is 332 g/mol. The van der Waals surface area contributed by atoms with Crippen molar-refractivity contribution >= 4 is 21.6 Å². The summed E-state index contributed by atoms with van der Waals surface area (Å²) in [7, 11) is 0. The Morgan fingerprint density at radius 1 is 1.52 bits per heavy atom. The second-order valence-corrected chi connectivity index (χ2v) is 7.05. The third-order valence-electron chi connectivity index (χ3n) is 4.87. The average Bonchev–Trinajstić information content (AvgIpc) is 2.49. The Morgan fingerprint density at radius 3 is 2.90 bits per heavy atom. The lowest BCUT2D eigenvalue weighted by molar-refractivity contribution is -0.385. The topological polar surface area (TPSA) is 69.2 Å². The number of halogens is 1. The molecule has 0 aromatic heterocycles. The van der Waals surface area contributed by atoms with Crippen LogP contribution >= 0.6 is 15.9 Å². The molecule has 4 nitrogen and oxygen atoms in total. The minimum Gasteiger partial charge on any atom is -0.330 e. The molecule has 0 aliphatic heterocycles. The fourth-order valence-electron chi connectivity index (χ4n) is 3.60. The van der Waals surface area contributed by atoms with Crippen molar-refractivity contribution in [3.05, 3.63) is 38.3 Å². The average molecular weight is 355 g/mol. The third kappa shape index (κ3) is 3.64. The van der Waals surface area contributed by atoms with Gasteiger partial charge in [-0.05, 0) is 58.6 Å². The molecule has 0 bridgehead atoms. The van der Waals surface area contributed by atoms with Crippen LogP contribution in [0.4, 0.5) is 5.69 Å². The summed E-state index contributed by atoms with van der Waals surface area (Å²) >= 11 is 3.41. The van der Waals surface area contributed by atoms with E-state index in [-0.39, 0.29) is 16.0 Å². The Bertz CT molecular complexity index is 521. The Hall–Kier alpha value is -0.940. The number of nitrogens with two attached hydrogens (primary N) is 1. The van der Waals surface area contributed by atoms with E-state index in [1.165, 1.54) is 19.3 Å². The molecule has 0 saturated heterocycles. The van der Waals surface area contributed by atoms with Crippen molar-refractivity contribution in [1.82, 2.24) is 0 Å². The Balaban J connectivity index is 2.26. The van der Waals surface area contributed by atoms with Crippen molar-refractivity contribution in [2.45, 2.75) is 45.4 Å². The molecule has 1 aromatic rings. The maximum atomic E-state index is 11.1. The highest BCUT2D eigenvalue weighted by Gasteiger charge is 2.35. The fourth-order valence-corrected chi connectivity index (χ4v) is 4.15. The van der Waals surface area contributed by atoms with Crippen LogP contribution < -0.4 is 5.73 Å². The van der Waals surface area contributed by atoms with E-state index in [0.717, 1.165) is 30.7 Å². The largest absolute Gasteiger partial charge is 0.330 e. The van der Waals surface area contributed by atoms with E-state index in [1.807, 2.05) is 6.07 Å². The lowest BCUT2D eigenvalue weighted by Gasteiger charge is -2.40. The van der Waals surface area contributed by atoms with Crippen molar-refractivity contribution in [3.63, 3.8) is 0 Å². The van der Waals surface area contributed by atoms with Crippen LogP contribution in [0.1, 0.15) is 44.6 Å². The Morgan fingerprint density at radius 2 is 2.29 bits per heavy atom. The number of nitro groups is 1. The minimum atomic E-state index is -0.335. The van der Waals surface area contributed by atoms with Gasteiger partial charge in [0.15, 0.2) is 0 Å². The second-order valence-electron chi connectivity index (χ2n) is 6.26. The molecule has 1 aliphatic carbocycles. The van der Waals surface area contributed by atoms with E-state index in [2.05, 4.69) is 22.9 Å². The molecule has 1 fully saturated rings. The van der Waals surface area contributed by atoms with Gasteiger partial charge >= 0.3 is 0 Å². The molecule has 5 heteroatoms. The summed E-state index contributed by atoms with van der Waals surface area (Å²) in [5.41, 5.74) is 7.34. The van der Waals surface area contributed by atoms with E-state index in [9.17, 15) is 10.1 Å². The number of nitrogens with zero attached hydrogens (tertiary/aromatic N) is 1. The highest BCUT2D eigenvalue weighted by molar-refractivity contribution is 9.10. The van der Waals surface area contributed by atoms with Gasteiger partial charge in [0.05, 0.1) is 9.40 Å². The van der Waals surface area contributed by atoms with Gasteiger partial charge in [0.1, 0.15) is 0 Å². The number of hydrogen-bond donors (Lipinski definition) is 1. The molecule has 1 aromatic carbocycles. The van der Waals surface area contributed by atoms with Crippen molar-refractivity contribution in [1.29, 1.82) is 0 Å². The normalized spacial score (nSPS) is 25.8. The van der Waals surface area contributed by atoms with Crippen molar-refractivity contribution < 1.29 is 4.92 Å². The van der Waals surface area contributed by atoms with Gasteiger partial charge in [-0.25, -0.2) is 0 Å². The van der Waals surface area contributed by atoms with Gasteiger partial charge in [-0.2, -0.15) is 0 Å². The maximum Gasteiger partial charge on any atom is 0.283 e. The number of benzene rings is 1.